The highest BCUT2D eigenvalue weighted by atomic mass is 32.2. The zero-order valence-electron chi connectivity index (χ0n) is 17.0. The van der Waals surface area contributed by atoms with Gasteiger partial charge in [0.05, 0.1) is 6.54 Å². The van der Waals surface area contributed by atoms with E-state index in [0.29, 0.717) is 5.25 Å². The Kier molecular flexibility index (Phi) is 7.50. The molecule has 1 aromatic rings. The predicted octanol–water partition coefficient (Wildman–Crippen LogP) is 5.25. The maximum atomic E-state index is 12.6. The monoisotopic (exact) mass is 382 g/mol. The second-order valence-electron chi connectivity index (χ2n) is 8.18. The van der Waals surface area contributed by atoms with Crippen LogP contribution in [0.3, 0.4) is 0 Å². The van der Waals surface area contributed by atoms with Gasteiger partial charge in [0.1, 0.15) is 16.2 Å². The van der Waals surface area contributed by atoms with Crippen molar-refractivity contribution in [3.05, 3.63) is 23.9 Å². The number of nitrogens with zero attached hydrogens (tertiary/aromatic N) is 2. The number of carbonyl (C=O) groups is 2. The number of imide groups is 1. The van der Waals surface area contributed by atoms with Crippen LogP contribution in [0.5, 0.6) is 0 Å². The molecule has 1 aromatic heterocycles. The number of carbonyl (C=O) groups excluding carboxylic acids is 2. The summed E-state index contributed by atoms with van der Waals surface area (Å²) in [5.74, 6) is 0. The van der Waals surface area contributed by atoms with Gasteiger partial charge in [-0.15, -0.1) is 11.8 Å². The highest BCUT2D eigenvalue weighted by Crippen LogP contribution is 2.26. The quantitative estimate of drug-likeness (QED) is 0.662. The minimum atomic E-state index is -0.740. The number of ether oxygens (including phenoxy) is 2. The number of amides is 2. The van der Waals surface area contributed by atoms with E-state index in [1.165, 1.54) is 0 Å². The van der Waals surface area contributed by atoms with Crippen molar-refractivity contribution in [3.63, 3.8) is 0 Å². The Morgan fingerprint density at radius 2 is 1.58 bits per heavy atom. The first-order chi connectivity index (χ1) is 11.8. The van der Waals surface area contributed by atoms with Gasteiger partial charge in [0.15, 0.2) is 0 Å². The minimum Gasteiger partial charge on any atom is -0.443 e. The molecule has 0 atom stereocenters. The van der Waals surface area contributed by atoms with E-state index in [1.54, 1.807) is 65.6 Å². The molecule has 1 heterocycles. The zero-order valence-corrected chi connectivity index (χ0v) is 17.8. The molecule has 0 aromatic carbocycles. The van der Waals surface area contributed by atoms with Crippen LogP contribution in [-0.2, 0) is 16.0 Å². The lowest BCUT2D eigenvalue weighted by Crippen LogP contribution is -2.43. The predicted molar refractivity (Wildman–Crippen MR) is 103 cm³/mol. The maximum Gasteiger partial charge on any atom is 0.420 e. The molecule has 0 aliphatic heterocycles. The van der Waals surface area contributed by atoms with E-state index in [4.69, 9.17) is 9.47 Å². The number of hydrogen-bond acceptors (Lipinski definition) is 6. The van der Waals surface area contributed by atoms with Crippen LogP contribution in [-0.4, -0.2) is 38.5 Å². The Hall–Kier alpha value is -1.76. The molecule has 0 bridgehead atoms. The number of hydrogen-bond donors (Lipinski definition) is 0. The average molecular weight is 383 g/mol. The van der Waals surface area contributed by atoms with Gasteiger partial charge in [0, 0.05) is 17.0 Å². The van der Waals surface area contributed by atoms with E-state index in [9.17, 15) is 9.59 Å². The van der Waals surface area contributed by atoms with Crippen LogP contribution in [0.4, 0.5) is 9.59 Å². The molecular weight excluding hydrogens is 352 g/mol. The van der Waals surface area contributed by atoms with Crippen LogP contribution in [0.15, 0.2) is 23.4 Å². The number of pyridine rings is 1. The van der Waals surface area contributed by atoms with E-state index in [1.807, 2.05) is 6.07 Å². The van der Waals surface area contributed by atoms with Gasteiger partial charge >= 0.3 is 12.2 Å². The van der Waals surface area contributed by atoms with Gasteiger partial charge in [-0.25, -0.2) is 19.5 Å². The summed E-state index contributed by atoms with van der Waals surface area (Å²) in [6.45, 7) is 14.7. The third-order valence-corrected chi connectivity index (χ3v) is 3.82. The van der Waals surface area contributed by atoms with E-state index in [-0.39, 0.29) is 6.54 Å². The summed E-state index contributed by atoms with van der Waals surface area (Å²) in [5.41, 5.74) is -0.674. The van der Waals surface area contributed by atoms with E-state index in [0.717, 1.165) is 15.5 Å². The Morgan fingerprint density at radius 3 is 2.00 bits per heavy atom. The summed E-state index contributed by atoms with van der Waals surface area (Å²) in [5, 5.41) is 1.10. The first-order valence-electron chi connectivity index (χ1n) is 8.62. The SMILES string of the molecule is CC(C)Sc1ncccc1CN(C(=O)OC(C)(C)C)C(=O)OC(C)(C)C. The molecule has 6 nitrogen and oxygen atoms in total. The molecule has 0 spiro atoms. The highest BCUT2D eigenvalue weighted by Gasteiger charge is 2.32. The van der Waals surface area contributed by atoms with Crippen molar-refractivity contribution in [3.8, 4) is 0 Å². The third-order valence-electron chi connectivity index (χ3n) is 2.75. The Bertz CT molecular complexity index is 605. The first kappa shape index (κ1) is 22.3. The fraction of sp³-hybridized carbons (Fsp3) is 0.632. The summed E-state index contributed by atoms with van der Waals surface area (Å²) >= 11 is 1.57. The second-order valence-corrected chi connectivity index (χ2v) is 9.75. The van der Waals surface area contributed by atoms with Gasteiger partial charge in [-0.2, -0.15) is 0 Å². The molecule has 0 unspecified atom stereocenters. The normalized spacial score (nSPS) is 12.0. The number of thioether (sulfide) groups is 1. The molecule has 26 heavy (non-hydrogen) atoms. The van der Waals surface area contributed by atoms with Crippen molar-refractivity contribution in [1.82, 2.24) is 9.88 Å². The highest BCUT2D eigenvalue weighted by molar-refractivity contribution is 7.99. The molecular formula is C19H30N2O4S. The Balaban J connectivity index is 3.13. The van der Waals surface area contributed by atoms with Crippen LogP contribution < -0.4 is 0 Å². The molecule has 0 radical (unpaired) electrons. The molecule has 146 valence electrons. The molecule has 0 fully saturated rings. The molecule has 7 heteroatoms. The summed E-state index contributed by atoms with van der Waals surface area (Å²) in [6.07, 6.45) is 0.215. The topological polar surface area (TPSA) is 68.7 Å². The lowest BCUT2D eigenvalue weighted by molar-refractivity contribution is -0.000405. The Morgan fingerprint density at radius 1 is 1.08 bits per heavy atom. The molecule has 0 saturated heterocycles. The largest absolute Gasteiger partial charge is 0.443 e. The van der Waals surface area contributed by atoms with Crippen LogP contribution in [0.2, 0.25) is 0 Å². The number of aromatic nitrogens is 1. The summed E-state index contributed by atoms with van der Waals surface area (Å²) in [6, 6.07) is 3.63. The van der Waals surface area contributed by atoms with Gasteiger partial charge in [-0.3, -0.25) is 0 Å². The molecule has 0 aliphatic carbocycles. The van der Waals surface area contributed by atoms with Crippen molar-refractivity contribution in [2.45, 2.75) is 83.4 Å². The summed E-state index contributed by atoms with van der Waals surface area (Å²) < 4.78 is 10.8. The molecule has 1 rings (SSSR count). The standard InChI is InChI=1S/C19H30N2O4S/c1-13(2)26-15-14(10-9-11-20-15)12-21(16(22)24-18(3,4)5)17(23)25-19(6,7)8/h9-11,13H,12H2,1-8H3. The van der Waals surface area contributed by atoms with Gasteiger partial charge in [0.25, 0.3) is 0 Å². The number of rotatable bonds is 4. The fourth-order valence-corrected chi connectivity index (χ4v) is 2.73. The van der Waals surface area contributed by atoms with Crippen molar-refractivity contribution < 1.29 is 19.1 Å². The average Bonchev–Trinajstić information content (AvgIpc) is 2.41. The fourth-order valence-electron chi connectivity index (χ4n) is 1.88. The molecule has 0 saturated carbocycles. The van der Waals surface area contributed by atoms with E-state index >= 15 is 0 Å². The Labute approximate surface area is 160 Å². The van der Waals surface area contributed by atoms with Crippen molar-refractivity contribution in [2.24, 2.45) is 0 Å². The second kappa shape index (κ2) is 8.75. The third kappa shape index (κ3) is 8.08. The van der Waals surface area contributed by atoms with Crippen LogP contribution in [0.1, 0.15) is 61.0 Å². The van der Waals surface area contributed by atoms with Crippen LogP contribution in [0.25, 0.3) is 0 Å². The smallest absolute Gasteiger partial charge is 0.420 e. The molecule has 0 N–H and O–H groups in total. The molecule has 2 amide bonds. The summed E-state index contributed by atoms with van der Waals surface area (Å²) in [4.78, 5) is 30.6. The first-order valence-corrected chi connectivity index (χ1v) is 9.50. The van der Waals surface area contributed by atoms with Gasteiger partial charge in [-0.05, 0) is 47.6 Å². The lowest BCUT2D eigenvalue weighted by atomic mass is 10.2. The van der Waals surface area contributed by atoms with Crippen molar-refractivity contribution >= 4 is 23.9 Å². The van der Waals surface area contributed by atoms with Crippen LogP contribution in [0, 0.1) is 0 Å². The lowest BCUT2D eigenvalue weighted by Gasteiger charge is -2.29. The van der Waals surface area contributed by atoms with Crippen LogP contribution >= 0.6 is 11.8 Å². The summed E-state index contributed by atoms with van der Waals surface area (Å²) in [7, 11) is 0. The van der Waals surface area contributed by atoms with Crippen molar-refractivity contribution in [2.75, 3.05) is 0 Å². The van der Waals surface area contributed by atoms with E-state index in [2.05, 4.69) is 18.8 Å². The van der Waals surface area contributed by atoms with Gasteiger partial charge in [-0.1, -0.05) is 19.9 Å². The maximum absolute atomic E-state index is 12.6. The van der Waals surface area contributed by atoms with E-state index < -0.39 is 23.4 Å². The zero-order chi connectivity index (χ0) is 20.1. The minimum absolute atomic E-state index is 0.0344. The van der Waals surface area contributed by atoms with Gasteiger partial charge < -0.3 is 9.47 Å². The van der Waals surface area contributed by atoms with Gasteiger partial charge in [0.2, 0.25) is 0 Å². The molecule has 0 aliphatic rings. The van der Waals surface area contributed by atoms with Crippen molar-refractivity contribution in [1.29, 1.82) is 0 Å².